The van der Waals surface area contributed by atoms with Crippen molar-refractivity contribution >= 4 is 15.9 Å². The van der Waals surface area contributed by atoms with Crippen LogP contribution in [0.5, 0.6) is 5.75 Å². The molecular formula is C23H27FN2O4S. The molecule has 1 amide bonds. The van der Waals surface area contributed by atoms with Crippen molar-refractivity contribution in [3.05, 3.63) is 59.9 Å². The first-order valence-electron chi connectivity index (χ1n) is 10.5. The van der Waals surface area contributed by atoms with Crippen molar-refractivity contribution in [2.24, 2.45) is 5.92 Å². The van der Waals surface area contributed by atoms with E-state index in [9.17, 15) is 17.6 Å². The number of ether oxygens (including phenoxy) is 1. The summed E-state index contributed by atoms with van der Waals surface area (Å²) in [6.07, 6.45) is 1.55. The molecule has 0 radical (unpaired) electrons. The number of halogens is 1. The van der Waals surface area contributed by atoms with Crippen LogP contribution in [-0.4, -0.2) is 37.3 Å². The van der Waals surface area contributed by atoms with E-state index in [1.807, 2.05) is 38.1 Å². The zero-order valence-electron chi connectivity index (χ0n) is 17.7. The highest BCUT2D eigenvalue weighted by atomic mass is 32.2. The molecule has 1 saturated heterocycles. The summed E-state index contributed by atoms with van der Waals surface area (Å²) in [5.41, 5.74) is 0.574. The molecule has 0 aliphatic carbocycles. The number of piperidine rings is 1. The Bertz CT molecular complexity index is 1060. The number of nitrogens with zero attached hydrogens (tertiary/aromatic N) is 1. The van der Waals surface area contributed by atoms with Gasteiger partial charge in [0.2, 0.25) is 15.9 Å². The van der Waals surface area contributed by atoms with Gasteiger partial charge in [0.25, 0.3) is 0 Å². The fraction of sp³-hybridized carbons (Fsp3) is 0.435. The van der Waals surface area contributed by atoms with Gasteiger partial charge in [-0.15, -0.1) is 0 Å². The van der Waals surface area contributed by atoms with Crippen LogP contribution >= 0.6 is 0 Å². The number of sulfonamides is 1. The minimum Gasteiger partial charge on any atom is -0.487 e. The molecule has 1 fully saturated rings. The van der Waals surface area contributed by atoms with E-state index >= 15 is 0 Å². The van der Waals surface area contributed by atoms with E-state index in [0.29, 0.717) is 19.3 Å². The molecule has 0 saturated carbocycles. The summed E-state index contributed by atoms with van der Waals surface area (Å²) in [7, 11) is -3.69. The van der Waals surface area contributed by atoms with E-state index < -0.39 is 15.8 Å². The van der Waals surface area contributed by atoms with E-state index in [0.717, 1.165) is 23.4 Å². The fourth-order valence-electron chi connectivity index (χ4n) is 4.33. The summed E-state index contributed by atoms with van der Waals surface area (Å²) >= 11 is 0. The Kier molecular flexibility index (Phi) is 5.79. The lowest BCUT2D eigenvalue weighted by Crippen LogP contribution is -2.46. The summed E-state index contributed by atoms with van der Waals surface area (Å²) in [5, 5.41) is 3.16. The van der Waals surface area contributed by atoms with Crippen LogP contribution in [0.2, 0.25) is 0 Å². The van der Waals surface area contributed by atoms with E-state index in [2.05, 4.69) is 5.32 Å². The Hall–Kier alpha value is -2.45. The van der Waals surface area contributed by atoms with Crippen LogP contribution in [0.1, 0.15) is 44.7 Å². The molecule has 4 rings (SSSR count). The Balaban J connectivity index is 1.40. The first-order valence-corrected chi connectivity index (χ1v) is 11.9. The van der Waals surface area contributed by atoms with Crippen molar-refractivity contribution in [1.82, 2.24) is 9.62 Å². The second-order valence-electron chi connectivity index (χ2n) is 8.80. The second kappa shape index (κ2) is 8.24. The number of rotatable bonds is 4. The molecule has 2 aliphatic heterocycles. The molecule has 8 heteroatoms. The standard InChI is InChI=1S/C23H27FN2O4S/c1-23(2)15-20(19-5-3-4-6-21(19)30-23)25-22(27)16-11-13-26(14-12-16)31(28,29)18-9-7-17(24)8-10-18/h3-10,16,20H,11-15H2,1-2H3,(H,25,27). The third-order valence-electron chi connectivity index (χ3n) is 5.97. The number of hydrogen-bond donors (Lipinski definition) is 1. The first-order chi connectivity index (χ1) is 14.7. The van der Waals surface area contributed by atoms with Crippen molar-refractivity contribution in [2.75, 3.05) is 13.1 Å². The minimum atomic E-state index is -3.69. The summed E-state index contributed by atoms with van der Waals surface area (Å²) < 4.78 is 46.1. The third-order valence-corrected chi connectivity index (χ3v) is 7.88. The van der Waals surface area contributed by atoms with Gasteiger partial charge in [0.05, 0.1) is 10.9 Å². The van der Waals surface area contributed by atoms with Crippen LogP contribution in [0.15, 0.2) is 53.4 Å². The van der Waals surface area contributed by atoms with Gasteiger partial charge in [-0.2, -0.15) is 4.31 Å². The van der Waals surface area contributed by atoms with Gasteiger partial charge in [-0.1, -0.05) is 18.2 Å². The number of carbonyl (C=O) groups excluding carboxylic acids is 1. The Morgan fingerprint density at radius 1 is 1.10 bits per heavy atom. The molecule has 31 heavy (non-hydrogen) atoms. The van der Waals surface area contributed by atoms with Crippen LogP contribution in [0.25, 0.3) is 0 Å². The lowest BCUT2D eigenvalue weighted by atomic mass is 9.88. The van der Waals surface area contributed by atoms with E-state index in [-0.39, 0.29) is 41.5 Å². The van der Waals surface area contributed by atoms with Crippen molar-refractivity contribution in [1.29, 1.82) is 0 Å². The molecule has 6 nitrogen and oxygen atoms in total. The van der Waals surface area contributed by atoms with Gasteiger partial charge in [-0.05, 0) is 57.0 Å². The molecule has 0 spiro atoms. The number of fused-ring (bicyclic) bond motifs is 1. The quantitative estimate of drug-likeness (QED) is 0.778. The van der Waals surface area contributed by atoms with E-state index in [1.165, 1.54) is 16.4 Å². The van der Waals surface area contributed by atoms with Crippen LogP contribution in [0.4, 0.5) is 4.39 Å². The number of para-hydroxylation sites is 1. The minimum absolute atomic E-state index is 0.0590. The average Bonchev–Trinajstić information content (AvgIpc) is 2.73. The largest absolute Gasteiger partial charge is 0.487 e. The van der Waals surface area contributed by atoms with Gasteiger partial charge in [0.1, 0.15) is 17.2 Å². The zero-order chi connectivity index (χ0) is 22.2. The van der Waals surface area contributed by atoms with E-state index in [4.69, 9.17) is 4.74 Å². The third kappa shape index (κ3) is 4.60. The predicted molar refractivity (Wildman–Crippen MR) is 115 cm³/mol. The number of amides is 1. The van der Waals surface area contributed by atoms with Crippen LogP contribution in [-0.2, 0) is 14.8 Å². The SMILES string of the molecule is CC1(C)CC(NC(=O)C2CCN(S(=O)(=O)c3ccc(F)cc3)CC2)c2ccccc2O1. The van der Waals surface area contributed by atoms with Crippen molar-refractivity contribution in [3.63, 3.8) is 0 Å². The molecule has 2 aromatic rings. The Morgan fingerprint density at radius 2 is 1.74 bits per heavy atom. The monoisotopic (exact) mass is 446 g/mol. The second-order valence-corrected chi connectivity index (χ2v) is 10.7. The molecule has 2 aliphatic rings. The molecule has 0 aromatic heterocycles. The lowest BCUT2D eigenvalue weighted by molar-refractivity contribution is -0.127. The fourth-order valence-corrected chi connectivity index (χ4v) is 5.80. The Morgan fingerprint density at radius 3 is 2.42 bits per heavy atom. The first kappa shape index (κ1) is 21.8. The number of nitrogens with one attached hydrogen (secondary N) is 1. The van der Waals surface area contributed by atoms with Gasteiger partial charge in [-0.25, -0.2) is 12.8 Å². The van der Waals surface area contributed by atoms with Gasteiger partial charge in [-0.3, -0.25) is 4.79 Å². The lowest BCUT2D eigenvalue weighted by Gasteiger charge is -2.39. The zero-order valence-corrected chi connectivity index (χ0v) is 18.5. The number of hydrogen-bond acceptors (Lipinski definition) is 4. The molecular weight excluding hydrogens is 419 g/mol. The average molecular weight is 447 g/mol. The molecule has 1 unspecified atom stereocenters. The number of carbonyl (C=O) groups is 1. The van der Waals surface area contributed by atoms with Crippen LogP contribution < -0.4 is 10.1 Å². The van der Waals surface area contributed by atoms with Crippen molar-refractivity contribution in [2.45, 2.75) is 49.6 Å². The van der Waals surface area contributed by atoms with Crippen molar-refractivity contribution < 1.29 is 22.3 Å². The van der Waals surface area contributed by atoms with Crippen molar-refractivity contribution in [3.8, 4) is 5.75 Å². The molecule has 1 atom stereocenters. The summed E-state index contributed by atoms with van der Waals surface area (Å²) in [6.45, 7) is 4.52. The van der Waals surface area contributed by atoms with Gasteiger partial charge < -0.3 is 10.1 Å². The molecule has 1 N–H and O–H groups in total. The molecule has 2 aromatic carbocycles. The highest BCUT2D eigenvalue weighted by molar-refractivity contribution is 7.89. The maximum absolute atomic E-state index is 13.1. The Labute approximate surface area is 182 Å². The maximum atomic E-state index is 13.1. The molecule has 166 valence electrons. The normalized spacial score (nSPS) is 21.7. The number of benzene rings is 2. The smallest absolute Gasteiger partial charge is 0.243 e. The van der Waals surface area contributed by atoms with Gasteiger partial charge in [0, 0.05) is 31.0 Å². The highest BCUT2D eigenvalue weighted by Crippen LogP contribution is 2.39. The van der Waals surface area contributed by atoms with Crippen LogP contribution in [0, 0.1) is 11.7 Å². The van der Waals surface area contributed by atoms with Crippen LogP contribution in [0.3, 0.4) is 0 Å². The summed E-state index contributed by atoms with van der Waals surface area (Å²) in [4.78, 5) is 13.1. The summed E-state index contributed by atoms with van der Waals surface area (Å²) in [5.74, 6) is -0.00873. The predicted octanol–water partition coefficient (Wildman–Crippen LogP) is 3.65. The molecule has 0 bridgehead atoms. The topological polar surface area (TPSA) is 75.7 Å². The summed E-state index contributed by atoms with van der Waals surface area (Å²) in [6, 6.07) is 12.4. The molecule has 2 heterocycles. The maximum Gasteiger partial charge on any atom is 0.243 e. The van der Waals surface area contributed by atoms with Gasteiger partial charge in [0.15, 0.2) is 0 Å². The van der Waals surface area contributed by atoms with E-state index in [1.54, 1.807) is 0 Å². The highest BCUT2D eigenvalue weighted by Gasteiger charge is 2.37. The van der Waals surface area contributed by atoms with Gasteiger partial charge >= 0.3 is 0 Å².